The maximum Gasteiger partial charge on any atom is 0.309 e. The minimum atomic E-state index is -1.22. The Morgan fingerprint density at radius 2 is 1.91 bits per heavy atom. The number of nitrogens with zero attached hydrogens (tertiary/aromatic N) is 1. The van der Waals surface area contributed by atoms with Crippen molar-refractivity contribution < 1.29 is 29.3 Å². The molecular weight excluding hydrogens is 454 g/mol. The molecule has 2 saturated heterocycles. The number of cyclic esters (lactones) is 1. The van der Waals surface area contributed by atoms with Crippen LogP contribution in [0.3, 0.4) is 0 Å². The molecule has 0 aliphatic carbocycles. The Kier molecular flexibility index (Phi) is 8.71. The van der Waals surface area contributed by atoms with Gasteiger partial charge in [0.1, 0.15) is 11.9 Å². The first-order valence-corrected chi connectivity index (χ1v) is 13.1. The monoisotopic (exact) mass is 493 g/mol. The number of aromatic nitrogens is 1. The summed E-state index contributed by atoms with van der Waals surface area (Å²) in [7, 11) is 0. The lowest BCUT2D eigenvalue weighted by atomic mass is 9.73. The van der Waals surface area contributed by atoms with Gasteiger partial charge in [-0.15, -0.1) is 11.3 Å². The van der Waals surface area contributed by atoms with Crippen LogP contribution in [-0.4, -0.2) is 57.5 Å². The molecule has 2 N–H and O–H groups in total. The molecule has 7 atom stereocenters. The predicted octanol–water partition coefficient (Wildman–Crippen LogP) is 4.09. The lowest BCUT2D eigenvalue weighted by molar-refractivity contribution is -0.154. The van der Waals surface area contributed by atoms with E-state index in [1.165, 1.54) is 0 Å². The van der Waals surface area contributed by atoms with Crippen molar-refractivity contribution in [1.29, 1.82) is 0 Å². The highest BCUT2D eigenvalue weighted by atomic mass is 32.1. The van der Waals surface area contributed by atoms with Crippen LogP contribution in [0.25, 0.3) is 6.08 Å². The molecule has 0 bridgehead atoms. The first-order chi connectivity index (χ1) is 15.9. The Morgan fingerprint density at radius 3 is 2.56 bits per heavy atom. The van der Waals surface area contributed by atoms with Crippen molar-refractivity contribution in [3.8, 4) is 0 Å². The predicted molar refractivity (Wildman–Crippen MR) is 131 cm³/mol. The minimum Gasteiger partial charge on any atom is -0.458 e. The third-order valence-electron chi connectivity index (χ3n) is 7.41. The van der Waals surface area contributed by atoms with Gasteiger partial charge in [0.2, 0.25) is 0 Å². The molecule has 0 spiro atoms. The van der Waals surface area contributed by atoms with E-state index in [0.29, 0.717) is 6.42 Å². The molecule has 0 saturated carbocycles. The zero-order valence-electron chi connectivity index (χ0n) is 21.1. The standard InChI is InChI=1S/C26H39NO6S/c1-14-8-7-9-19-21(32-19)11-20(15(2)10-18-13-34-17(4)27-18)33-23(29)12-22(28)26(5,6)25(31)16(3)24(14)30/h10,13-14,16,19-22,24,28,30H,7-9,11-12H2,1-6H3/b15-10+/t14-,16+,19?,20-,21-,22-,24-/m0/s1. The van der Waals surface area contributed by atoms with E-state index in [4.69, 9.17) is 9.47 Å². The molecule has 2 aliphatic rings. The number of esters is 1. The molecule has 7 nitrogen and oxygen atoms in total. The number of ether oxygens (including phenoxy) is 2. The van der Waals surface area contributed by atoms with Crippen molar-refractivity contribution >= 4 is 29.2 Å². The lowest BCUT2D eigenvalue weighted by Crippen LogP contribution is -2.45. The summed E-state index contributed by atoms with van der Waals surface area (Å²) in [6.07, 6.45) is 2.28. The first kappa shape index (κ1) is 27.0. The second-order valence-corrected chi connectivity index (χ2v) is 11.7. The number of hydrogen-bond acceptors (Lipinski definition) is 8. The number of epoxide rings is 1. The van der Waals surface area contributed by atoms with Crippen LogP contribution in [0.15, 0.2) is 11.0 Å². The van der Waals surface area contributed by atoms with Gasteiger partial charge in [0.15, 0.2) is 0 Å². The SMILES string of the molecule is C/C(=C\c1csc(C)n1)[C@@H]1C[C@@H]2OC2CCC[C@H](C)[C@H](O)[C@@H](C)C(=O)C(C)(C)[C@@H](O)CC(=O)O1. The highest BCUT2D eigenvalue weighted by molar-refractivity contribution is 7.09. The topological polar surface area (TPSA) is 109 Å². The van der Waals surface area contributed by atoms with Crippen LogP contribution in [0.5, 0.6) is 0 Å². The Morgan fingerprint density at radius 1 is 1.21 bits per heavy atom. The van der Waals surface area contributed by atoms with Gasteiger partial charge in [-0.2, -0.15) is 0 Å². The number of fused-ring (bicyclic) bond motifs is 1. The molecule has 190 valence electrons. The quantitative estimate of drug-likeness (QED) is 0.472. The summed E-state index contributed by atoms with van der Waals surface area (Å²) in [6, 6.07) is 0. The third kappa shape index (κ3) is 6.53. The van der Waals surface area contributed by atoms with Crippen LogP contribution in [0.1, 0.15) is 77.4 Å². The number of aryl methyl sites for hydroxylation is 1. The average molecular weight is 494 g/mol. The van der Waals surface area contributed by atoms with Crippen molar-refractivity contribution in [2.75, 3.05) is 0 Å². The van der Waals surface area contributed by atoms with E-state index in [1.807, 2.05) is 32.2 Å². The number of thiazole rings is 1. The number of aliphatic hydroxyl groups is 2. The smallest absolute Gasteiger partial charge is 0.309 e. The van der Waals surface area contributed by atoms with Crippen LogP contribution in [0, 0.1) is 24.2 Å². The molecular formula is C26H39NO6S. The van der Waals surface area contributed by atoms with Crippen molar-refractivity contribution in [3.63, 3.8) is 0 Å². The average Bonchev–Trinajstić information content (AvgIpc) is 3.38. The molecule has 1 aromatic heterocycles. The number of ketones is 1. The summed E-state index contributed by atoms with van der Waals surface area (Å²) in [5.41, 5.74) is 0.494. The van der Waals surface area contributed by atoms with E-state index in [-0.39, 0.29) is 30.3 Å². The van der Waals surface area contributed by atoms with Gasteiger partial charge in [-0.3, -0.25) is 9.59 Å². The molecule has 2 aliphatic heterocycles. The second-order valence-electron chi connectivity index (χ2n) is 10.6. The summed E-state index contributed by atoms with van der Waals surface area (Å²) in [5, 5.41) is 24.5. The van der Waals surface area contributed by atoms with Gasteiger partial charge in [-0.25, -0.2) is 4.98 Å². The summed E-state index contributed by atoms with van der Waals surface area (Å²) in [4.78, 5) is 30.5. The Balaban J connectivity index is 1.81. The number of rotatable bonds is 2. The van der Waals surface area contributed by atoms with Crippen molar-refractivity contribution in [3.05, 3.63) is 21.7 Å². The molecule has 1 unspecified atom stereocenters. The van der Waals surface area contributed by atoms with E-state index < -0.39 is 35.6 Å². The van der Waals surface area contributed by atoms with Gasteiger partial charge in [-0.1, -0.05) is 34.1 Å². The van der Waals surface area contributed by atoms with Gasteiger partial charge in [0, 0.05) is 17.7 Å². The third-order valence-corrected chi connectivity index (χ3v) is 8.20. The molecule has 3 rings (SSSR count). The summed E-state index contributed by atoms with van der Waals surface area (Å²) in [5.74, 6) is -1.52. The fraction of sp³-hybridized carbons (Fsp3) is 0.731. The Labute approximate surface area is 206 Å². The number of hydrogen-bond donors (Lipinski definition) is 2. The van der Waals surface area contributed by atoms with E-state index in [0.717, 1.165) is 35.5 Å². The van der Waals surface area contributed by atoms with Crippen LogP contribution in [0.2, 0.25) is 0 Å². The molecule has 0 radical (unpaired) electrons. The highest BCUT2D eigenvalue weighted by Gasteiger charge is 2.44. The van der Waals surface area contributed by atoms with Gasteiger partial charge < -0.3 is 19.7 Å². The first-order valence-electron chi connectivity index (χ1n) is 12.3. The molecule has 0 amide bonds. The zero-order valence-corrected chi connectivity index (χ0v) is 21.9. The van der Waals surface area contributed by atoms with Gasteiger partial charge in [0.25, 0.3) is 0 Å². The van der Waals surface area contributed by atoms with E-state index in [1.54, 1.807) is 32.1 Å². The van der Waals surface area contributed by atoms with Gasteiger partial charge in [-0.05, 0) is 44.3 Å². The maximum absolute atomic E-state index is 13.2. The van der Waals surface area contributed by atoms with Crippen molar-refractivity contribution in [2.24, 2.45) is 17.3 Å². The minimum absolute atomic E-state index is 0.00770. The molecule has 1 aromatic rings. The number of carbonyl (C=O) groups excluding carboxylic acids is 2. The van der Waals surface area contributed by atoms with E-state index in [2.05, 4.69) is 4.98 Å². The van der Waals surface area contributed by atoms with Crippen molar-refractivity contribution in [1.82, 2.24) is 4.98 Å². The molecule has 3 heterocycles. The number of carbonyl (C=O) groups is 2. The van der Waals surface area contributed by atoms with Crippen molar-refractivity contribution in [2.45, 2.75) is 104 Å². The second kappa shape index (κ2) is 11.0. The fourth-order valence-electron chi connectivity index (χ4n) is 4.78. The highest BCUT2D eigenvalue weighted by Crippen LogP contribution is 2.36. The molecule has 2 fully saturated rings. The molecule has 8 heteroatoms. The van der Waals surface area contributed by atoms with E-state index in [9.17, 15) is 19.8 Å². The Bertz CT molecular complexity index is 909. The van der Waals surface area contributed by atoms with Crippen LogP contribution >= 0.6 is 11.3 Å². The van der Waals surface area contributed by atoms with Crippen LogP contribution < -0.4 is 0 Å². The largest absolute Gasteiger partial charge is 0.458 e. The number of Topliss-reactive ketones (excluding diaryl/α,β-unsaturated/α-hetero) is 1. The maximum atomic E-state index is 13.2. The van der Waals surface area contributed by atoms with Gasteiger partial charge in [0.05, 0.1) is 47.0 Å². The molecule has 34 heavy (non-hydrogen) atoms. The van der Waals surface area contributed by atoms with Crippen LogP contribution in [0.4, 0.5) is 0 Å². The summed E-state index contributed by atoms with van der Waals surface area (Å²) in [6.45, 7) is 10.8. The zero-order chi connectivity index (χ0) is 25.2. The molecule has 0 aromatic carbocycles. The van der Waals surface area contributed by atoms with Crippen LogP contribution in [-0.2, 0) is 19.1 Å². The lowest BCUT2D eigenvalue weighted by Gasteiger charge is -2.34. The summed E-state index contributed by atoms with van der Waals surface area (Å²) < 4.78 is 11.7. The van der Waals surface area contributed by atoms with Gasteiger partial charge >= 0.3 is 5.97 Å². The number of aliphatic hydroxyl groups excluding tert-OH is 2. The normalized spacial score (nSPS) is 36.0. The Hall–Kier alpha value is -1.61. The fourth-order valence-corrected chi connectivity index (χ4v) is 5.35. The summed E-state index contributed by atoms with van der Waals surface area (Å²) >= 11 is 1.56. The van der Waals surface area contributed by atoms with E-state index >= 15 is 0 Å².